The fraction of sp³-hybridized carbons (Fsp3) is 0.464. The molecule has 3 aromatic rings. The molecular formula is C28H34O3. The van der Waals surface area contributed by atoms with Gasteiger partial charge >= 0.3 is 0 Å². The van der Waals surface area contributed by atoms with Crippen LogP contribution in [0.5, 0.6) is 5.75 Å². The Morgan fingerprint density at radius 3 is 2.19 bits per heavy atom. The van der Waals surface area contributed by atoms with E-state index >= 15 is 0 Å². The number of hydrogen-bond donors (Lipinski definition) is 0. The lowest BCUT2D eigenvalue weighted by molar-refractivity contribution is 0.182. The molecule has 0 N–H and O–H groups in total. The maximum atomic E-state index is 13.3. The fourth-order valence-corrected chi connectivity index (χ4v) is 4.64. The van der Waals surface area contributed by atoms with Gasteiger partial charge in [0, 0.05) is 0 Å². The van der Waals surface area contributed by atoms with E-state index in [0.717, 1.165) is 24.2 Å². The molecule has 0 saturated carbocycles. The first-order valence-corrected chi connectivity index (χ1v) is 12.1. The van der Waals surface area contributed by atoms with Crippen LogP contribution in [-0.2, 0) is 0 Å². The number of para-hydroxylation sites is 2. The van der Waals surface area contributed by atoms with Gasteiger partial charge in [0.15, 0.2) is 5.43 Å². The second kappa shape index (κ2) is 10.7. The van der Waals surface area contributed by atoms with E-state index in [0.29, 0.717) is 22.3 Å². The first-order chi connectivity index (χ1) is 15.3. The van der Waals surface area contributed by atoms with E-state index in [-0.39, 0.29) is 11.5 Å². The highest BCUT2D eigenvalue weighted by molar-refractivity contribution is 5.82. The van der Waals surface area contributed by atoms with Crippen LogP contribution in [0.15, 0.2) is 57.7 Å². The van der Waals surface area contributed by atoms with Crippen LogP contribution in [0.3, 0.4) is 0 Å². The predicted octanol–water partition coefficient (Wildman–Crippen LogP) is 8.20. The number of unbranched alkanes of at least 4 members (excludes halogenated alkanes) is 9. The molecule has 0 radical (unpaired) electrons. The van der Waals surface area contributed by atoms with Gasteiger partial charge < -0.3 is 9.15 Å². The minimum Gasteiger partial charge on any atom is -0.485 e. The van der Waals surface area contributed by atoms with E-state index in [9.17, 15) is 4.79 Å². The zero-order valence-electron chi connectivity index (χ0n) is 18.7. The van der Waals surface area contributed by atoms with Gasteiger partial charge in [0.2, 0.25) is 0 Å². The van der Waals surface area contributed by atoms with Crippen molar-refractivity contribution in [3.63, 3.8) is 0 Å². The van der Waals surface area contributed by atoms with Crippen molar-refractivity contribution < 1.29 is 9.15 Å². The Kier molecular flexibility index (Phi) is 7.45. The van der Waals surface area contributed by atoms with Crippen LogP contribution in [-0.4, -0.2) is 0 Å². The summed E-state index contributed by atoms with van der Waals surface area (Å²) >= 11 is 0. The van der Waals surface area contributed by atoms with Crippen molar-refractivity contribution >= 4 is 11.0 Å². The minimum absolute atomic E-state index is 0.0448. The van der Waals surface area contributed by atoms with Crippen molar-refractivity contribution in [1.82, 2.24) is 0 Å². The van der Waals surface area contributed by atoms with E-state index in [1.165, 1.54) is 57.8 Å². The second-order valence-corrected chi connectivity index (χ2v) is 8.74. The summed E-state index contributed by atoms with van der Waals surface area (Å²) in [6.45, 7) is 2.26. The number of rotatable bonds is 11. The van der Waals surface area contributed by atoms with Gasteiger partial charge in [-0.05, 0) is 37.1 Å². The van der Waals surface area contributed by atoms with Gasteiger partial charge in [0.1, 0.15) is 23.2 Å². The van der Waals surface area contributed by atoms with Crippen LogP contribution in [0.4, 0.5) is 0 Å². The zero-order chi connectivity index (χ0) is 21.5. The molecule has 0 fully saturated rings. The molecule has 3 nitrogen and oxygen atoms in total. The molecule has 1 aliphatic heterocycles. The third kappa shape index (κ3) is 5.03. The largest absolute Gasteiger partial charge is 0.485 e. The van der Waals surface area contributed by atoms with Crippen molar-refractivity contribution in [3.05, 3.63) is 64.3 Å². The van der Waals surface area contributed by atoms with Crippen molar-refractivity contribution in [3.8, 4) is 17.1 Å². The maximum absolute atomic E-state index is 13.3. The molecule has 4 rings (SSSR count). The standard InChI is InChI=1S/C28H34O3/c1-2-3-4-5-6-7-8-9-10-11-20-25-26-27(29)21-16-12-14-18-23(21)31-28(26)22-17-13-15-19-24(22)30-25/h12-19,25H,2-11,20H2,1H3. The van der Waals surface area contributed by atoms with Crippen molar-refractivity contribution in [2.45, 2.75) is 83.7 Å². The topological polar surface area (TPSA) is 39.4 Å². The van der Waals surface area contributed by atoms with Crippen LogP contribution in [0.2, 0.25) is 0 Å². The molecule has 3 heteroatoms. The van der Waals surface area contributed by atoms with E-state index < -0.39 is 0 Å². The monoisotopic (exact) mass is 418 g/mol. The summed E-state index contributed by atoms with van der Waals surface area (Å²) in [4.78, 5) is 13.3. The highest BCUT2D eigenvalue weighted by Crippen LogP contribution is 2.43. The summed E-state index contributed by atoms with van der Waals surface area (Å²) in [5.41, 5.74) is 2.25. The number of fused-ring (bicyclic) bond motifs is 4. The molecule has 1 aromatic heterocycles. The summed E-state index contributed by atoms with van der Waals surface area (Å²) < 4.78 is 12.6. The molecule has 0 aliphatic carbocycles. The predicted molar refractivity (Wildman–Crippen MR) is 128 cm³/mol. The van der Waals surface area contributed by atoms with Crippen molar-refractivity contribution in [1.29, 1.82) is 0 Å². The van der Waals surface area contributed by atoms with Gasteiger partial charge in [-0.3, -0.25) is 4.79 Å². The van der Waals surface area contributed by atoms with E-state index in [1.54, 1.807) is 0 Å². The van der Waals surface area contributed by atoms with Crippen molar-refractivity contribution in [2.75, 3.05) is 0 Å². The van der Waals surface area contributed by atoms with Crippen LogP contribution < -0.4 is 10.2 Å². The van der Waals surface area contributed by atoms with Gasteiger partial charge in [-0.2, -0.15) is 0 Å². The van der Waals surface area contributed by atoms with Crippen LogP contribution in [0.25, 0.3) is 22.3 Å². The molecule has 0 spiro atoms. The van der Waals surface area contributed by atoms with Gasteiger partial charge in [-0.1, -0.05) is 89.0 Å². The summed E-state index contributed by atoms with van der Waals surface area (Å²) in [6.07, 6.45) is 13.6. The maximum Gasteiger partial charge on any atom is 0.200 e. The average Bonchev–Trinajstić information content (AvgIpc) is 2.80. The zero-order valence-corrected chi connectivity index (χ0v) is 18.7. The second-order valence-electron chi connectivity index (χ2n) is 8.74. The number of hydrogen-bond acceptors (Lipinski definition) is 3. The lowest BCUT2D eigenvalue weighted by atomic mass is 9.93. The summed E-state index contributed by atoms with van der Waals surface area (Å²) in [7, 11) is 0. The normalized spacial score (nSPS) is 14.8. The van der Waals surface area contributed by atoms with E-state index in [4.69, 9.17) is 9.15 Å². The molecule has 2 heterocycles. The van der Waals surface area contributed by atoms with Gasteiger partial charge in [-0.25, -0.2) is 0 Å². The van der Waals surface area contributed by atoms with Crippen LogP contribution in [0, 0.1) is 0 Å². The third-order valence-electron chi connectivity index (χ3n) is 6.38. The summed E-state index contributed by atoms with van der Waals surface area (Å²) in [6, 6.07) is 15.4. The Balaban J connectivity index is 1.41. The molecule has 0 saturated heterocycles. The quantitative estimate of drug-likeness (QED) is 0.295. The molecule has 0 amide bonds. The molecule has 1 unspecified atom stereocenters. The third-order valence-corrected chi connectivity index (χ3v) is 6.38. The Bertz CT molecular complexity index is 1050. The average molecular weight is 419 g/mol. The van der Waals surface area contributed by atoms with Gasteiger partial charge in [0.05, 0.1) is 16.5 Å². The highest BCUT2D eigenvalue weighted by atomic mass is 16.5. The Hall–Kier alpha value is -2.55. The van der Waals surface area contributed by atoms with Crippen molar-refractivity contribution in [2.24, 2.45) is 0 Å². The summed E-state index contributed by atoms with van der Waals surface area (Å²) in [5.74, 6) is 1.49. The van der Waals surface area contributed by atoms with Crippen LogP contribution in [0.1, 0.15) is 89.2 Å². The fourth-order valence-electron chi connectivity index (χ4n) is 4.64. The van der Waals surface area contributed by atoms with E-state index in [1.807, 2.05) is 48.5 Å². The first-order valence-electron chi connectivity index (χ1n) is 12.1. The lowest BCUT2D eigenvalue weighted by Crippen LogP contribution is -2.23. The Morgan fingerprint density at radius 2 is 1.42 bits per heavy atom. The molecular weight excluding hydrogens is 384 g/mol. The SMILES string of the molecule is CCCCCCCCCCCCC1Oc2ccccc2-c2oc3ccccc3c(=O)c21. The van der Waals surface area contributed by atoms with Crippen LogP contribution >= 0.6 is 0 Å². The van der Waals surface area contributed by atoms with E-state index in [2.05, 4.69) is 6.92 Å². The Morgan fingerprint density at radius 1 is 0.774 bits per heavy atom. The summed E-state index contributed by atoms with van der Waals surface area (Å²) in [5, 5.41) is 0.636. The number of benzene rings is 2. The molecule has 2 aromatic carbocycles. The minimum atomic E-state index is -0.236. The molecule has 0 bridgehead atoms. The van der Waals surface area contributed by atoms with Gasteiger partial charge in [-0.15, -0.1) is 0 Å². The molecule has 164 valence electrons. The lowest BCUT2D eigenvalue weighted by Gasteiger charge is -2.27. The number of ether oxygens (including phenoxy) is 1. The van der Waals surface area contributed by atoms with Gasteiger partial charge in [0.25, 0.3) is 0 Å². The molecule has 31 heavy (non-hydrogen) atoms. The Labute approximate surface area is 185 Å². The smallest absolute Gasteiger partial charge is 0.200 e. The first kappa shape index (κ1) is 21.7. The molecule has 1 aliphatic rings. The molecule has 1 atom stereocenters. The highest BCUT2D eigenvalue weighted by Gasteiger charge is 2.31.